The monoisotopic (exact) mass is 551 g/mol. The van der Waals surface area contributed by atoms with Crippen LogP contribution in [0.25, 0.3) is 5.70 Å². The number of aliphatic imine (C=N–C) groups is 1. The van der Waals surface area contributed by atoms with Crippen LogP contribution in [0.15, 0.2) is 59.0 Å². The van der Waals surface area contributed by atoms with Gasteiger partial charge in [0.1, 0.15) is 19.0 Å². The van der Waals surface area contributed by atoms with Crippen molar-refractivity contribution in [3.8, 4) is 11.5 Å². The Morgan fingerprint density at radius 1 is 1.10 bits per heavy atom. The lowest BCUT2D eigenvalue weighted by molar-refractivity contribution is -0.119. The first-order chi connectivity index (χ1) is 18.9. The van der Waals surface area contributed by atoms with E-state index in [0.29, 0.717) is 47.7 Å². The standard InChI is InChI=1S/C23H25N3O3S.C6H8O3/c1-4-18(16-6-7-19-17(13-16)9-10-26(19)2)24-23(30-3)25-22(27)12-15-5-8-20-21(11-15)29-14-28-20;1-5-6(4-7)9-3-2-8-5/h4-8,11,13H,9-10,12,14H2,1-3H3,(H,24,25,27);4H,2-3H2,1H3/b18-4+;. The molecule has 9 nitrogen and oxygen atoms in total. The first-order valence-electron chi connectivity index (χ1n) is 12.6. The normalized spacial score (nSPS) is 16.1. The molecular weight excluding hydrogens is 518 g/mol. The van der Waals surface area contributed by atoms with E-state index in [1.165, 1.54) is 23.0 Å². The number of fused-ring (bicyclic) bond motifs is 2. The molecule has 0 atom stereocenters. The summed E-state index contributed by atoms with van der Waals surface area (Å²) in [5.74, 6) is 2.17. The van der Waals surface area contributed by atoms with Crippen LogP contribution in [0, 0.1) is 0 Å². The Bertz CT molecular complexity index is 1320. The van der Waals surface area contributed by atoms with Crippen LogP contribution in [-0.4, -0.2) is 57.2 Å². The quantitative estimate of drug-likeness (QED) is 0.334. The lowest BCUT2D eigenvalue weighted by atomic mass is 10.1. The number of ether oxygens (including phenoxy) is 4. The highest BCUT2D eigenvalue weighted by atomic mass is 32.2. The van der Waals surface area contributed by atoms with Gasteiger partial charge in [0.2, 0.25) is 12.7 Å². The highest BCUT2D eigenvalue weighted by Gasteiger charge is 2.18. The molecule has 2 aromatic rings. The van der Waals surface area contributed by atoms with E-state index in [2.05, 4.69) is 35.5 Å². The maximum atomic E-state index is 12.6. The van der Waals surface area contributed by atoms with Crippen LogP contribution in [0.1, 0.15) is 30.5 Å². The molecule has 1 N–H and O–H groups in total. The first kappa shape index (κ1) is 28.1. The highest BCUT2D eigenvalue weighted by molar-refractivity contribution is 8.13. The van der Waals surface area contributed by atoms with Crippen LogP contribution in [0.3, 0.4) is 0 Å². The third kappa shape index (κ3) is 7.14. The molecule has 0 saturated carbocycles. The first-order valence-corrected chi connectivity index (χ1v) is 13.9. The molecule has 1 amide bonds. The van der Waals surface area contributed by atoms with Gasteiger partial charge in [0.25, 0.3) is 0 Å². The van der Waals surface area contributed by atoms with E-state index in [1.54, 1.807) is 6.92 Å². The second-order valence-corrected chi connectivity index (χ2v) is 9.75. The van der Waals surface area contributed by atoms with Gasteiger partial charge in [0.05, 0.1) is 12.1 Å². The summed E-state index contributed by atoms with van der Waals surface area (Å²) in [4.78, 5) is 29.7. The van der Waals surface area contributed by atoms with Gasteiger partial charge in [-0.3, -0.25) is 9.59 Å². The Labute approximate surface area is 232 Å². The number of rotatable bonds is 5. The summed E-state index contributed by atoms with van der Waals surface area (Å²) >= 11 is 1.42. The van der Waals surface area contributed by atoms with Gasteiger partial charge in [-0.2, -0.15) is 0 Å². The molecule has 10 heteroatoms. The molecule has 0 radical (unpaired) electrons. The highest BCUT2D eigenvalue weighted by Crippen LogP contribution is 2.33. The van der Waals surface area contributed by atoms with E-state index in [-0.39, 0.29) is 19.1 Å². The number of likely N-dealkylation sites (N-methyl/N-ethyl adjacent to an activating group) is 1. The number of amidine groups is 1. The fraction of sp³-hybridized carbons (Fsp3) is 0.345. The molecule has 0 aliphatic carbocycles. The van der Waals surface area contributed by atoms with Gasteiger partial charge in [-0.1, -0.05) is 30.0 Å². The number of carbonyl (C=O) groups excluding carboxylic acids is 2. The molecule has 39 heavy (non-hydrogen) atoms. The number of thioether (sulfide) groups is 1. The molecule has 2 aromatic carbocycles. The molecule has 3 aliphatic heterocycles. The molecule has 3 aliphatic rings. The molecule has 3 heterocycles. The summed E-state index contributed by atoms with van der Waals surface area (Å²) in [5, 5.41) is 3.51. The van der Waals surface area contributed by atoms with Crippen molar-refractivity contribution in [3.05, 3.63) is 70.7 Å². The van der Waals surface area contributed by atoms with Crippen LogP contribution in [0.4, 0.5) is 5.69 Å². The van der Waals surface area contributed by atoms with Crippen LogP contribution in [-0.2, 0) is 31.9 Å². The minimum Gasteiger partial charge on any atom is -0.491 e. The fourth-order valence-corrected chi connectivity index (χ4v) is 4.70. The Morgan fingerprint density at radius 3 is 2.62 bits per heavy atom. The fourth-order valence-electron chi connectivity index (χ4n) is 4.29. The number of nitrogens with one attached hydrogen (secondary N) is 1. The Morgan fingerprint density at radius 2 is 1.90 bits per heavy atom. The lowest BCUT2D eigenvalue weighted by Gasteiger charge is -2.15. The van der Waals surface area contributed by atoms with Crippen molar-refractivity contribution in [1.29, 1.82) is 0 Å². The van der Waals surface area contributed by atoms with Gasteiger partial charge in [0, 0.05) is 24.8 Å². The third-order valence-electron chi connectivity index (χ3n) is 6.35. The van der Waals surface area contributed by atoms with Gasteiger partial charge in [-0.25, -0.2) is 4.99 Å². The number of hydrogen-bond donors (Lipinski definition) is 1. The maximum Gasteiger partial charge on any atom is 0.231 e. The van der Waals surface area contributed by atoms with Gasteiger partial charge in [0.15, 0.2) is 28.7 Å². The largest absolute Gasteiger partial charge is 0.491 e. The second kappa shape index (κ2) is 13.2. The number of aldehydes is 1. The van der Waals surface area contributed by atoms with Crippen molar-refractivity contribution in [3.63, 3.8) is 0 Å². The minimum atomic E-state index is -0.118. The van der Waals surface area contributed by atoms with Crippen molar-refractivity contribution in [2.45, 2.75) is 26.7 Å². The number of hydrogen-bond acceptors (Lipinski definition) is 9. The predicted octanol–water partition coefficient (Wildman–Crippen LogP) is 4.31. The lowest BCUT2D eigenvalue weighted by Crippen LogP contribution is -2.29. The molecule has 0 bridgehead atoms. The van der Waals surface area contributed by atoms with Crippen molar-refractivity contribution >= 4 is 40.5 Å². The van der Waals surface area contributed by atoms with E-state index in [1.807, 2.05) is 37.5 Å². The van der Waals surface area contributed by atoms with Crippen molar-refractivity contribution < 1.29 is 28.5 Å². The number of nitrogens with zero attached hydrogens (tertiary/aromatic N) is 2. The average Bonchev–Trinajstić information content (AvgIpc) is 3.57. The zero-order valence-electron chi connectivity index (χ0n) is 22.6. The molecule has 0 saturated heterocycles. The van der Waals surface area contributed by atoms with Crippen molar-refractivity contribution in [1.82, 2.24) is 5.32 Å². The van der Waals surface area contributed by atoms with E-state index >= 15 is 0 Å². The topological polar surface area (TPSA) is 98.7 Å². The second-order valence-electron chi connectivity index (χ2n) is 8.96. The number of benzene rings is 2. The van der Waals surface area contributed by atoms with E-state index in [9.17, 15) is 9.59 Å². The van der Waals surface area contributed by atoms with Crippen molar-refractivity contribution in [2.24, 2.45) is 4.99 Å². The molecule has 0 aromatic heterocycles. The summed E-state index contributed by atoms with van der Waals surface area (Å²) in [6, 6.07) is 12.0. The molecule has 5 rings (SSSR count). The summed E-state index contributed by atoms with van der Waals surface area (Å²) in [5.41, 5.74) is 5.39. The summed E-state index contributed by atoms with van der Waals surface area (Å²) in [7, 11) is 2.11. The third-order valence-corrected chi connectivity index (χ3v) is 6.93. The number of allylic oxidation sites excluding steroid dienone is 3. The molecule has 0 unspecified atom stereocenters. The molecule has 0 spiro atoms. The number of amides is 1. The zero-order valence-corrected chi connectivity index (χ0v) is 23.4. The van der Waals surface area contributed by atoms with Crippen LogP contribution < -0.4 is 19.7 Å². The maximum absolute atomic E-state index is 12.6. The Balaban J connectivity index is 0.000000333. The van der Waals surface area contributed by atoms with Gasteiger partial charge < -0.3 is 29.2 Å². The van der Waals surface area contributed by atoms with Gasteiger partial charge in [-0.05, 0) is 61.9 Å². The SMILES string of the molecule is C/C=C(/N=C(NC(=O)Cc1ccc2c(c1)OCO2)SC)c1ccc2c(c1)CCN2C.CC1=C(C=O)OCCO1. The van der Waals surface area contributed by atoms with E-state index in [0.717, 1.165) is 29.8 Å². The Hall–Kier alpha value is -3.92. The average molecular weight is 552 g/mol. The van der Waals surface area contributed by atoms with E-state index in [4.69, 9.17) is 23.9 Å². The summed E-state index contributed by atoms with van der Waals surface area (Å²) in [6.45, 7) is 5.96. The van der Waals surface area contributed by atoms with Crippen molar-refractivity contribution in [2.75, 3.05) is 44.8 Å². The zero-order chi connectivity index (χ0) is 27.8. The number of carbonyl (C=O) groups is 2. The predicted molar refractivity (Wildman–Crippen MR) is 153 cm³/mol. The van der Waals surface area contributed by atoms with Crippen LogP contribution in [0.5, 0.6) is 11.5 Å². The summed E-state index contributed by atoms with van der Waals surface area (Å²) in [6.07, 6.45) is 5.83. The smallest absolute Gasteiger partial charge is 0.231 e. The Kier molecular flexibility index (Phi) is 9.54. The van der Waals surface area contributed by atoms with Crippen LogP contribution in [0.2, 0.25) is 0 Å². The van der Waals surface area contributed by atoms with Crippen LogP contribution >= 0.6 is 11.8 Å². The molecular formula is C29H33N3O6S. The summed E-state index contributed by atoms with van der Waals surface area (Å²) < 4.78 is 20.6. The van der Waals surface area contributed by atoms with Gasteiger partial charge in [-0.15, -0.1) is 0 Å². The van der Waals surface area contributed by atoms with E-state index < -0.39 is 0 Å². The molecule has 206 valence electrons. The minimum absolute atomic E-state index is 0.118. The number of anilines is 1. The molecule has 0 fully saturated rings. The van der Waals surface area contributed by atoms with Gasteiger partial charge >= 0.3 is 0 Å².